The van der Waals surface area contributed by atoms with E-state index in [-0.39, 0.29) is 11.8 Å². The molecule has 32 heavy (non-hydrogen) atoms. The van der Waals surface area contributed by atoms with Gasteiger partial charge in [0.2, 0.25) is 5.91 Å². The minimum absolute atomic E-state index is 0.142. The summed E-state index contributed by atoms with van der Waals surface area (Å²) in [4.78, 5) is 13.3. The molecule has 4 rings (SSSR count). The third-order valence-corrected chi connectivity index (χ3v) is 7.15. The molecule has 0 bridgehead atoms. The van der Waals surface area contributed by atoms with Gasteiger partial charge in [-0.3, -0.25) is 4.79 Å². The first kappa shape index (κ1) is 22.1. The number of amides is 1. The highest BCUT2D eigenvalue weighted by atomic mass is 16.1. The van der Waals surface area contributed by atoms with Crippen molar-refractivity contribution in [1.29, 1.82) is 0 Å². The molecule has 4 nitrogen and oxygen atoms in total. The second kappa shape index (κ2) is 9.15. The fourth-order valence-electron chi connectivity index (χ4n) is 5.51. The van der Waals surface area contributed by atoms with Crippen LogP contribution in [0.1, 0.15) is 56.1 Å². The highest BCUT2D eigenvalue weighted by Crippen LogP contribution is 2.49. The average molecular weight is 429 g/mol. The van der Waals surface area contributed by atoms with E-state index in [1.165, 1.54) is 11.4 Å². The van der Waals surface area contributed by atoms with Crippen LogP contribution in [0.3, 0.4) is 0 Å². The van der Waals surface area contributed by atoms with E-state index in [9.17, 15) is 4.79 Å². The number of primary amides is 1. The van der Waals surface area contributed by atoms with E-state index >= 15 is 0 Å². The standard InChI is InChI=1S/C28H33N3O/c1-21(2)16-17-30-18-19-31(22(30)3)26-15-14-25(20-26)28(27(29)32,23-10-6-4-7-11-23)24-12-8-5-9-13-24/h4-13,16,18-19,25-26H,14-15,17,20H2,1-3H3,(H-,29,32)/p+1/t25-,26+/m1/s1. The van der Waals surface area contributed by atoms with Crippen molar-refractivity contribution in [2.45, 2.75) is 58.0 Å². The van der Waals surface area contributed by atoms with Crippen LogP contribution in [-0.2, 0) is 16.8 Å². The number of benzene rings is 2. The number of hydrogen-bond donors (Lipinski definition) is 1. The molecule has 2 N–H and O–H groups in total. The second-order valence-electron chi connectivity index (χ2n) is 9.25. The number of allylic oxidation sites excluding steroid dienone is 2. The Morgan fingerprint density at radius 1 is 1.06 bits per heavy atom. The Labute approximate surface area is 191 Å². The maximum absolute atomic E-state index is 13.3. The van der Waals surface area contributed by atoms with Gasteiger partial charge in [0.15, 0.2) is 0 Å². The van der Waals surface area contributed by atoms with Gasteiger partial charge in [0, 0.05) is 6.92 Å². The minimum atomic E-state index is -0.823. The van der Waals surface area contributed by atoms with Crippen LogP contribution in [-0.4, -0.2) is 10.5 Å². The number of aromatic nitrogens is 2. The smallest absolute Gasteiger partial charge is 0.253 e. The van der Waals surface area contributed by atoms with Gasteiger partial charge in [0.05, 0.1) is 0 Å². The molecule has 166 valence electrons. The number of carbonyl (C=O) groups is 1. The van der Waals surface area contributed by atoms with Crippen molar-refractivity contribution in [3.05, 3.63) is 102 Å². The first-order valence-electron chi connectivity index (χ1n) is 11.6. The van der Waals surface area contributed by atoms with Crippen LogP contribution in [0.4, 0.5) is 0 Å². The van der Waals surface area contributed by atoms with Crippen LogP contribution in [0.5, 0.6) is 0 Å². The van der Waals surface area contributed by atoms with Crippen molar-refractivity contribution in [3.8, 4) is 0 Å². The molecular formula is C28H34N3O+. The van der Waals surface area contributed by atoms with E-state index in [4.69, 9.17) is 5.73 Å². The first-order chi connectivity index (χ1) is 15.4. The molecule has 1 aromatic heterocycles. The molecular weight excluding hydrogens is 394 g/mol. The van der Waals surface area contributed by atoms with Crippen LogP contribution >= 0.6 is 0 Å². The molecule has 1 fully saturated rings. The van der Waals surface area contributed by atoms with E-state index in [0.29, 0.717) is 6.04 Å². The summed E-state index contributed by atoms with van der Waals surface area (Å²) < 4.78 is 4.68. The zero-order valence-corrected chi connectivity index (χ0v) is 19.4. The van der Waals surface area contributed by atoms with Gasteiger partial charge < -0.3 is 5.73 Å². The van der Waals surface area contributed by atoms with Crippen LogP contribution in [0, 0.1) is 12.8 Å². The molecule has 0 radical (unpaired) electrons. The van der Waals surface area contributed by atoms with Crippen LogP contribution in [0.25, 0.3) is 0 Å². The fraction of sp³-hybridized carbons (Fsp3) is 0.357. The zero-order valence-electron chi connectivity index (χ0n) is 19.4. The summed E-state index contributed by atoms with van der Waals surface area (Å²) >= 11 is 0. The summed E-state index contributed by atoms with van der Waals surface area (Å²) in [6.45, 7) is 7.33. The van der Waals surface area contributed by atoms with Gasteiger partial charge in [-0.05, 0) is 56.2 Å². The van der Waals surface area contributed by atoms with Gasteiger partial charge in [-0.15, -0.1) is 0 Å². The summed E-state index contributed by atoms with van der Waals surface area (Å²) in [5, 5.41) is 0. The average Bonchev–Trinajstić information content (AvgIpc) is 3.41. The lowest BCUT2D eigenvalue weighted by Gasteiger charge is -2.37. The van der Waals surface area contributed by atoms with Crippen molar-refractivity contribution in [3.63, 3.8) is 0 Å². The maximum atomic E-state index is 13.3. The van der Waals surface area contributed by atoms with E-state index < -0.39 is 5.41 Å². The van der Waals surface area contributed by atoms with Gasteiger partial charge in [-0.25, -0.2) is 9.13 Å². The Balaban J connectivity index is 1.71. The third kappa shape index (κ3) is 3.90. The van der Waals surface area contributed by atoms with E-state index in [1.54, 1.807) is 0 Å². The number of imidazole rings is 1. The molecule has 2 aromatic carbocycles. The van der Waals surface area contributed by atoms with Crippen molar-refractivity contribution < 1.29 is 9.36 Å². The van der Waals surface area contributed by atoms with Gasteiger partial charge in [0.1, 0.15) is 30.4 Å². The summed E-state index contributed by atoms with van der Waals surface area (Å²) in [6.07, 6.45) is 9.53. The first-order valence-corrected chi connectivity index (χ1v) is 11.6. The fourth-order valence-corrected chi connectivity index (χ4v) is 5.51. The quantitative estimate of drug-likeness (QED) is 0.424. The molecule has 1 saturated carbocycles. The molecule has 1 amide bonds. The normalized spacial score (nSPS) is 18.5. The van der Waals surface area contributed by atoms with Crippen LogP contribution in [0.2, 0.25) is 0 Å². The molecule has 0 spiro atoms. The SMILES string of the molecule is CC(C)=CC[n+]1ccn([C@H]2CC[C@@H](C(C(N)=O)(c3ccccc3)c3ccccc3)C2)c1C. The predicted octanol–water partition coefficient (Wildman–Crippen LogP) is 4.86. The minimum Gasteiger partial charge on any atom is -0.369 e. The number of nitrogens with two attached hydrogens (primary N) is 1. The largest absolute Gasteiger partial charge is 0.369 e. The van der Waals surface area contributed by atoms with Crippen molar-refractivity contribution >= 4 is 5.91 Å². The lowest BCUT2D eigenvalue weighted by Crippen LogP contribution is -2.47. The highest BCUT2D eigenvalue weighted by Gasteiger charge is 2.51. The third-order valence-electron chi connectivity index (χ3n) is 7.15. The van der Waals surface area contributed by atoms with Crippen molar-refractivity contribution in [2.24, 2.45) is 11.7 Å². The summed E-state index contributed by atoms with van der Waals surface area (Å²) in [5.41, 5.74) is 8.73. The van der Waals surface area contributed by atoms with Gasteiger partial charge >= 0.3 is 0 Å². The number of hydrogen-bond acceptors (Lipinski definition) is 1. The molecule has 1 aliphatic carbocycles. The lowest BCUT2D eigenvalue weighted by atomic mass is 9.64. The highest BCUT2D eigenvalue weighted by molar-refractivity contribution is 5.91. The molecule has 1 heterocycles. The predicted molar refractivity (Wildman–Crippen MR) is 128 cm³/mol. The van der Waals surface area contributed by atoms with Gasteiger partial charge in [-0.2, -0.15) is 0 Å². The Hall–Kier alpha value is -3.14. The molecule has 0 unspecified atom stereocenters. The maximum Gasteiger partial charge on any atom is 0.253 e. The monoisotopic (exact) mass is 428 g/mol. The number of carbonyl (C=O) groups excluding carboxylic acids is 1. The van der Waals surface area contributed by atoms with E-state index in [0.717, 1.165) is 36.9 Å². The van der Waals surface area contributed by atoms with E-state index in [1.807, 2.05) is 36.4 Å². The molecule has 0 saturated heterocycles. The second-order valence-corrected chi connectivity index (χ2v) is 9.25. The number of nitrogens with zero attached hydrogens (tertiary/aromatic N) is 2. The molecule has 3 aromatic rings. The molecule has 2 atom stereocenters. The Bertz CT molecular complexity index is 1050. The summed E-state index contributed by atoms with van der Waals surface area (Å²) in [5.74, 6) is 1.13. The van der Waals surface area contributed by atoms with Crippen molar-refractivity contribution in [1.82, 2.24) is 4.57 Å². The summed E-state index contributed by atoms with van der Waals surface area (Å²) in [7, 11) is 0. The van der Waals surface area contributed by atoms with E-state index in [2.05, 4.69) is 72.6 Å². The zero-order chi connectivity index (χ0) is 22.7. The topological polar surface area (TPSA) is 51.9 Å². The molecule has 0 aliphatic heterocycles. The lowest BCUT2D eigenvalue weighted by molar-refractivity contribution is -0.692. The van der Waals surface area contributed by atoms with Crippen LogP contribution < -0.4 is 10.3 Å². The Kier molecular flexibility index (Phi) is 6.31. The van der Waals surface area contributed by atoms with Crippen molar-refractivity contribution in [2.75, 3.05) is 0 Å². The van der Waals surface area contributed by atoms with Gasteiger partial charge in [-0.1, -0.05) is 66.2 Å². The Morgan fingerprint density at radius 3 is 2.19 bits per heavy atom. The molecule has 4 heteroatoms. The van der Waals surface area contributed by atoms with Crippen LogP contribution in [0.15, 0.2) is 84.7 Å². The number of rotatable bonds is 7. The molecule has 1 aliphatic rings. The summed E-state index contributed by atoms with van der Waals surface area (Å²) in [6, 6.07) is 20.6. The van der Waals surface area contributed by atoms with Gasteiger partial charge in [0.25, 0.3) is 5.82 Å². The Morgan fingerprint density at radius 2 is 1.66 bits per heavy atom.